The Hall–Kier alpha value is -1.47. The molecule has 2 rings (SSSR count). The first kappa shape index (κ1) is 14.0. The van der Waals surface area contributed by atoms with Crippen molar-refractivity contribution in [1.82, 2.24) is 14.9 Å². The van der Waals surface area contributed by atoms with E-state index in [0.717, 1.165) is 32.1 Å². The fraction of sp³-hybridized carbons (Fsp3) is 0.636. The fourth-order valence-corrected chi connectivity index (χ4v) is 2.51. The van der Waals surface area contributed by atoms with Gasteiger partial charge in [-0.05, 0) is 37.5 Å². The summed E-state index contributed by atoms with van der Waals surface area (Å²) in [5.41, 5.74) is -0.148. The average molecular weight is 286 g/mol. The molecule has 19 heavy (non-hydrogen) atoms. The normalized spacial score (nSPS) is 19.6. The number of aromatic nitrogens is 2. The van der Waals surface area contributed by atoms with Crippen LogP contribution in [0.2, 0.25) is 5.28 Å². The minimum Gasteiger partial charge on any atom is -0.363 e. The van der Waals surface area contributed by atoms with Crippen molar-refractivity contribution in [2.45, 2.75) is 25.8 Å². The molecule has 8 heteroatoms. The van der Waals surface area contributed by atoms with Crippen LogP contribution >= 0.6 is 11.6 Å². The molecule has 7 nitrogen and oxygen atoms in total. The van der Waals surface area contributed by atoms with Gasteiger partial charge in [-0.2, -0.15) is 4.98 Å². The second kappa shape index (κ2) is 6.12. The highest BCUT2D eigenvalue weighted by atomic mass is 35.5. The summed E-state index contributed by atoms with van der Waals surface area (Å²) in [7, 11) is 0. The van der Waals surface area contributed by atoms with Crippen LogP contribution in [0.5, 0.6) is 0 Å². The van der Waals surface area contributed by atoms with E-state index in [1.165, 1.54) is 0 Å². The Bertz CT molecular complexity index is 470. The van der Waals surface area contributed by atoms with Crippen molar-refractivity contribution in [2.75, 3.05) is 25.0 Å². The lowest BCUT2D eigenvalue weighted by Crippen LogP contribution is -2.34. The Morgan fingerprint density at radius 1 is 1.68 bits per heavy atom. The van der Waals surface area contributed by atoms with Gasteiger partial charge in [-0.15, -0.1) is 0 Å². The number of nitro groups is 1. The minimum absolute atomic E-state index is 0.00636. The van der Waals surface area contributed by atoms with Gasteiger partial charge < -0.3 is 5.32 Å². The van der Waals surface area contributed by atoms with Gasteiger partial charge in [-0.3, -0.25) is 15.0 Å². The highest BCUT2D eigenvalue weighted by Crippen LogP contribution is 2.23. The van der Waals surface area contributed by atoms with E-state index in [1.807, 2.05) is 0 Å². The smallest absolute Gasteiger partial charge is 0.329 e. The lowest BCUT2D eigenvalue weighted by atomic mass is 10.2. The molecule has 1 fully saturated rings. The molecule has 1 aromatic rings. The van der Waals surface area contributed by atoms with E-state index in [9.17, 15) is 10.1 Å². The zero-order valence-corrected chi connectivity index (χ0v) is 11.4. The maximum Gasteiger partial charge on any atom is 0.329 e. The lowest BCUT2D eigenvalue weighted by Gasteiger charge is -2.22. The summed E-state index contributed by atoms with van der Waals surface area (Å²) >= 11 is 5.68. The quantitative estimate of drug-likeness (QED) is 0.505. The van der Waals surface area contributed by atoms with Crippen molar-refractivity contribution in [3.8, 4) is 0 Å². The van der Waals surface area contributed by atoms with Gasteiger partial charge in [-0.1, -0.05) is 6.92 Å². The van der Waals surface area contributed by atoms with Gasteiger partial charge >= 0.3 is 5.69 Å². The lowest BCUT2D eigenvalue weighted by molar-refractivity contribution is -0.384. The van der Waals surface area contributed by atoms with E-state index in [-0.39, 0.29) is 16.8 Å². The molecular weight excluding hydrogens is 270 g/mol. The van der Waals surface area contributed by atoms with Gasteiger partial charge in [-0.25, -0.2) is 4.98 Å². The number of rotatable bonds is 5. The molecule has 1 aromatic heterocycles. The van der Waals surface area contributed by atoms with Gasteiger partial charge in [0.15, 0.2) is 0 Å². The average Bonchev–Trinajstić information content (AvgIpc) is 2.83. The molecule has 0 amide bonds. The highest BCUT2D eigenvalue weighted by Gasteiger charge is 2.24. The molecule has 0 bridgehead atoms. The van der Waals surface area contributed by atoms with Crippen LogP contribution in [0.15, 0.2) is 6.20 Å². The third kappa shape index (κ3) is 3.30. The number of nitrogens with zero attached hydrogens (tertiary/aromatic N) is 4. The monoisotopic (exact) mass is 285 g/mol. The van der Waals surface area contributed by atoms with Crippen LogP contribution in [-0.4, -0.2) is 45.5 Å². The van der Waals surface area contributed by atoms with E-state index in [4.69, 9.17) is 11.6 Å². The maximum absolute atomic E-state index is 10.9. The molecule has 1 N–H and O–H groups in total. The Labute approximate surface area is 116 Å². The second-order valence-electron chi connectivity index (χ2n) is 4.44. The first-order valence-corrected chi connectivity index (χ1v) is 6.64. The molecule has 0 saturated carbocycles. The summed E-state index contributed by atoms with van der Waals surface area (Å²) in [6.07, 6.45) is 3.38. The molecular formula is C11H16ClN5O2. The van der Waals surface area contributed by atoms with E-state index in [1.54, 1.807) is 0 Å². The molecule has 1 saturated heterocycles. The van der Waals surface area contributed by atoms with Crippen LogP contribution < -0.4 is 5.32 Å². The van der Waals surface area contributed by atoms with Gasteiger partial charge in [0.2, 0.25) is 11.1 Å². The number of likely N-dealkylation sites (N-methyl/N-ethyl adjacent to an activating group) is 1. The first-order chi connectivity index (χ1) is 9.11. The summed E-state index contributed by atoms with van der Waals surface area (Å²) in [5, 5.41) is 13.9. The zero-order valence-electron chi connectivity index (χ0n) is 10.7. The Morgan fingerprint density at radius 3 is 3.16 bits per heavy atom. The predicted octanol–water partition coefficient (Wildman–Crippen LogP) is 1.93. The molecule has 0 aliphatic carbocycles. The van der Waals surface area contributed by atoms with Crippen molar-refractivity contribution in [1.29, 1.82) is 0 Å². The van der Waals surface area contributed by atoms with E-state index in [0.29, 0.717) is 12.6 Å². The van der Waals surface area contributed by atoms with Crippen molar-refractivity contribution in [3.05, 3.63) is 21.6 Å². The molecule has 1 atom stereocenters. The van der Waals surface area contributed by atoms with Gasteiger partial charge in [0.1, 0.15) is 6.20 Å². The van der Waals surface area contributed by atoms with Crippen molar-refractivity contribution < 1.29 is 4.92 Å². The summed E-state index contributed by atoms with van der Waals surface area (Å²) in [5.74, 6) is 0.188. The van der Waals surface area contributed by atoms with Crippen LogP contribution in [0, 0.1) is 10.1 Å². The Balaban J connectivity index is 2.06. The number of likely N-dealkylation sites (tertiary alicyclic amines) is 1. The first-order valence-electron chi connectivity index (χ1n) is 6.26. The van der Waals surface area contributed by atoms with Crippen molar-refractivity contribution in [2.24, 2.45) is 0 Å². The summed E-state index contributed by atoms with van der Waals surface area (Å²) < 4.78 is 0. The zero-order chi connectivity index (χ0) is 13.8. The van der Waals surface area contributed by atoms with Crippen LogP contribution in [-0.2, 0) is 0 Å². The Morgan fingerprint density at radius 2 is 2.47 bits per heavy atom. The van der Waals surface area contributed by atoms with E-state index < -0.39 is 4.92 Å². The molecule has 1 aliphatic rings. The number of halogens is 1. The fourth-order valence-electron chi connectivity index (χ4n) is 2.37. The number of hydrogen-bond acceptors (Lipinski definition) is 6. The van der Waals surface area contributed by atoms with Crippen molar-refractivity contribution in [3.63, 3.8) is 0 Å². The largest absolute Gasteiger partial charge is 0.363 e. The molecule has 2 heterocycles. The Kier molecular flexibility index (Phi) is 4.49. The standard InChI is InChI=1S/C11H16ClN5O2/c1-2-16-5-3-4-8(16)6-13-10-9(17(18)19)7-14-11(12)15-10/h7-8H,2-6H2,1H3,(H,13,14,15). The molecule has 0 aromatic carbocycles. The van der Waals surface area contributed by atoms with E-state index >= 15 is 0 Å². The SMILES string of the molecule is CCN1CCCC1CNc1nc(Cl)ncc1[N+](=O)[O-]. The van der Waals surface area contributed by atoms with Crippen LogP contribution in [0.25, 0.3) is 0 Å². The molecule has 1 aliphatic heterocycles. The number of nitrogens with one attached hydrogen (secondary N) is 1. The van der Waals surface area contributed by atoms with Gasteiger partial charge in [0, 0.05) is 12.6 Å². The second-order valence-corrected chi connectivity index (χ2v) is 4.77. The molecule has 104 valence electrons. The molecule has 0 radical (unpaired) electrons. The van der Waals surface area contributed by atoms with Crippen LogP contribution in [0.3, 0.4) is 0 Å². The summed E-state index contributed by atoms with van der Waals surface area (Å²) in [6, 6.07) is 0.387. The van der Waals surface area contributed by atoms with Crippen LogP contribution in [0.1, 0.15) is 19.8 Å². The summed E-state index contributed by atoms with van der Waals surface area (Å²) in [4.78, 5) is 20.2. The molecule has 0 spiro atoms. The van der Waals surface area contributed by atoms with Crippen molar-refractivity contribution >= 4 is 23.1 Å². The highest BCUT2D eigenvalue weighted by molar-refractivity contribution is 6.28. The third-order valence-corrected chi connectivity index (χ3v) is 3.53. The maximum atomic E-state index is 10.9. The summed E-state index contributed by atoms with van der Waals surface area (Å²) in [6.45, 7) is 4.80. The molecule has 1 unspecified atom stereocenters. The number of hydrogen-bond donors (Lipinski definition) is 1. The van der Waals surface area contributed by atoms with E-state index in [2.05, 4.69) is 27.1 Å². The minimum atomic E-state index is -0.509. The number of anilines is 1. The predicted molar refractivity (Wildman–Crippen MR) is 72.5 cm³/mol. The van der Waals surface area contributed by atoms with Crippen LogP contribution in [0.4, 0.5) is 11.5 Å². The van der Waals surface area contributed by atoms with Gasteiger partial charge in [0.05, 0.1) is 4.92 Å². The topological polar surface area (TPSA) is 84.2 Å². The third-order valence-electron chi connectivity index (χ3n) is 3.35. The van der Waals surface area contributed by atoms with Gasteiger partial charge in [0.25, 0.3) is 0 Å².